The molecule has 1 aliphatic rings. The molecular weight excluding hydrogens is 451 g/mol. The topological polar surface area (TPSA) is 78.0 Å². The number of piperidine rings is 1. The first-order chi connectivity index (χ1) is 16.7. The molecule has 0 radical (unpaired) electrons. The summed E-state index contributed by atoms with van der Waals surface area (Å²) in [6.45, 7) is 3.01. The number of halogens is 1. The van der Waals surface area contributed by atoms with Gasteiger partial charge in [-0.2, -0.15) is 5.26 Å². The summed E-state index contributed by atoms with van der Waals surface area (Å²) < 4.78 is 15.5. The second-order valence-electron chi connectivity index (χ2n) is 8.13. The van der Waals surface area contributed by atoms with Gasteiger partial charge in [0, 0.05) is 17.9 Å². The highest BCUT2D eigenvalue weighted by molar-refractivity contribution is 7.99. The average Bonchev–Trinajstić information content (AvgIpc) is 3.27. The molecule has 2 heterocycles. The van der Waals surface area contributed by atoms with E-state index in [0.717, 1.165) is 30.3 Å². The number of anilines is 1. The summed E-state index contributed by atoms with van der Waals surface area (Å²) >= 11 is 1.30. The van der Waals surface area contributed by atoms with E-state index in [0.29, 0.717) is 18.2 Å². The largest absolute Gasteiger partial charge is 0.311 e. The molecule has 1 amide bonds. The highest BCUT2D eigenvalue weighted by Crippen LogP contribution is 2.25. The van der Waals surface area contributed by atoms with Crippen LogP contribution in [0.5, 0.6) is 0 Å². The van der Waals surface area contributed by atoms with Crippen molar-refractivity contribution >= 4 is 23.4 Å². The number of nitrogens with zero attached hydrogens (tertiary/aromatic N) is 6. The van der Waals surface area contributed by atoms with Crippen LogP contribution in [0.15, 0.2) is 59.8 Å². The minimum absolute atomic E-state index is 0.113. The first kappa shape index (κ1) is 23.9. The molecule has 0 N–H and O–H groups in total. The van der Waals surface area contributed by atoms with Crippen molar-refractivity contribution < 1.29 is 9.18 Å². The third kappa shape index (κ3) is 6.01. The number of para-hydroxylation sites is 1. The van der Waals surface area contributed by atoms with Crippen molar-refractivity contribution in [2.24, 2.45) is 0 Å². The van der Waals surface area contributed by atoms with Crippen molar-refractivity contribution in [3.8, 4) is 11.8 Å². The van der Waals surface area contributed by atoms with Crippen molar-refractivity contribution in [3.63, 3.8) is 0 Å². The van der Waals surface area contributed by atoms with Crippen LogP contribution in [0.1, 0.15) is 31.5 Å². The number of amides is 1. The zero-order valence-electron chi connectivity index (χ0n) is 18.9. The van der Waals surface area contributed by atoms with Gasteiger partial charge >= 0.3 is 0 Å². The molecule has 1 fully saturated rings. The zero-order valence-corrected chi connectivity index (χ0v) is 19.8. The van der Waals surface area contributed by atoms with Gasteiger partial charge < -0.3 is 4.90 Å². The van der Waals surface area contributed by atoms with Gasteiger partial charge in [0.1, 0.15) is 5.82 Å². The molecular formula is C25H27FN6OS. The van der Waals surface area contributed by atoms with Gasteiger partial charge in [-0.3, -0.25) is 14.3 Å². The number of nitriles is 1. The average molecular weight is 479 g/mol. The quantitative estimate of drug-likeness (QED) is 0.424. The van der Waals surface area contributed by atoms with Crippen molar-refractivity contribution in [1.82, 2.24) is 19.7 Å². The fourth-order valence-electron chi connectivity index (χ4n) is 4.03. The van der Waals surface area contributed by atoms with Gasteiger partial charge in [-0.1, -0.05) is 36.4 Å². The van der Waals surface area contributed by atoms with E-state index in [1.54, 1.807) is 17.0 Å². The van der Waals surface area contributed by atoms with E-state index in [2.05, 4.69) is 21.2 Å². The normalized spacial score (nSPS) is 14.0. The van der Waals surface area contributed by atoms with Gasteiger partial charge in [0.2, 0.25) is 5.91 Å². The molecule has 1 saturated heterocycles. The van der Waals surface area contributed by atoms with Gasteiger partial charge in [-0.05, 0) is 62.3 Å². The Morgan fingerprint density at radius 2 is 1.79 bits per heavy atom. The highest BCUT2D eigenvalue weighted by atomic mass is 32.2. The van der Waals surface area contributed by atoms with Gasteiger partial charge in [0.15, 0.2) is 11.0 Å². The summed E-state index contributed by atoms with van der Waals surface area (Å²) in [5, 5.41) is 18.4. The van der Waals surface area contributed by atoms with Crippen LogP contribution in [0.3, 0.4) is 0 Å². The predicted molar refractivity (Wildman–Crippen MR) is 130 cm³/mol. The second-order valence-corrected chi connectivity index (χ2v) is 9.07. The number of aromatic nitrogens is 3. The molecule has 4 rings (SSSR count). The SMILES string of the molecule is N#CCCN(C(=O)CSc1nnc(CN2CCCCC2)n1-c1ccc(F)cc1)c1ccccc1. The lowest BCUT2D eigenvalue weighted by Crippen LogP contribution is -2.33. The molecule has 0 aliphatic carbocycles. The summed E-state index contributed by atoms with van der Waals surface area (Å²) in [5.74, 6) is 0.490. The molecule has 9 heteroatoms. The van der Waals surface area contributed by atoms with Gasteiger partial charge in [-0.15, -0.1) is 10.2 Å². The molecule has 0 saturated carbocycles. The number of carbonyl (C=O) groups is 1. The van der Waals surface area contributed by atoms with Crippen molar-refractivity contribution in [2.45, 2.75) is 37.4 Å². The molecule has 0 unspecified atom stereocenters. The molecule has 176 valence electrons. The Morgan fingerprint density at radius 3 is 2.50 bits per heavy atom. The minimum Gasteiger partial charge on any atom is -0.311 e. The fraction of sp³-hybridized carbons (Fsp3) is 0.360. The standard InChI is InChI=1S/C25H27FN6OS/c26-20-10-12-22(13-11-20)32-23(18-30-15-5-2-6-16-30)28-29-25(32)34-19-24(33)31(17-7-14-27)21-8-3-1-4-9-21/h1,3-4,8-13H,2,5-7,15-19H2. The van der Waals surface area contributed by atoms with E-state index in [4.69, 9.17) is 5.26 Å². The lowest BCUT2D eigenvalue weighted by Gasteiger charge is -2.26. The van der Waals surface area contributed by atoms with Crippen LogP contribution in [0.2, 0.25) is 0 Å². The van der Waals surface area contributed by atoms with Gasteiger partial charge in [-0.25, -0.2) is 4.39 Å². The van der Waals surface area contributed by atoms with E-state index in [-0.39, 0.29) is 23.9 Å². The Labute approximate surface area is 203 Å². The monoisotopic (exact) mass is 478 g/mol. The van der Waals surface area contributed by atoms with Crippen LogP contribution in [-0.4, -0.2) is 51.0 Å². The lowest BCUT2D eigenvalue weighted by molar-refractivity contribution is -0.116. The summed E-state index contributed by atoms with van der Waals surface area (Å²) in [7, 11) is 0. The number of rotatable bonds is 9. The third-order valence-electron chi connectivity index (χ3n) is 5.74. The molecule has 1 aromatic heterocycles. The summed E-state index contributed by atoms with van der Waals surface area (Å²) in [6, 6.07) is 17.7. The molecule has 34 heavy (non-hydrogen) atoms. The van der Waals surface area contributed by atoms with Crippen LogP contribution in [0.25, 0.3) is 5.69 Å². The fourth-order valence-corrected chi connectivity index (χ4v) is 4.88. The van der Waals surface area contributed by atoms with Gasteiger partial charge in [0.05, 0.1) is 24.8 Å². The number of carbonyl (C=O) groups excluding carboxylic acids is 1. The summed E-state index contributed by atoms with van der Waals surface area (Å²) in [5.41, 5.74) is 1.52. The summed E-state index contributed by atoms with van der Waals surface area (Å²) in [6.07, 6.45) is 3.82. The zero-order chi connectivity index (χ0) is 23.8. The van der Waals surface area contributed by atoms with E-state index >= 15 is 0 Å². The Balaban J connectivity index is 1.55. The van der Waals surface area contributed by atoms with E-state index in [9.17, 15) is 9.18 Å². The van der Waals surface area contributed by atoms with E-state index in [1.807, 2.05) is 34.9 Å². The van der Waals surface area contributed by atoms with Crippen LogP contribution < -0.4 is 4.90 Å². The third-order valence-corrected chi connectivity index (χ3v) is 6.65. The molecule has 2 aromatic carbocycles. The maximum atomic E-state index is 13.6. The number of thioether (sulfide) groups is 1. The maximum absolute atomic E-state index is 13.6. The molecule has 0 spiro atoms. The number of likely N-dealkylation sites (tertiary alicyclic amines) is 1. The van der Waals surface area contributed by atoms with Crippen molar-refractivity contribution in [2.75, 3.05) is 30.3 Å². The Hall–Kier alpha value is -3.22. The van der Waals surface area contributed by atoms with Crippen molar-refractivity contribution in [3.05, 3.63) is 66.2 Å². The molecule has 7 nitrogen and oxygen atoms in total. The Morgan fingerprint density at radius 1 is 1.06 bits per heavy atom. The molecule has 0 atom stereocenters. The van der Waals surface area contributed by atoms with E-state index in [1.165, 1.54) is 43.2 Å². The van der Waals surface area contributed by atoms with Crippen molar-refractivity contribution in [1.29, 1.82) is 5.26 Å². The smallest absolute Gasteiger partial charge is 0.237 e. The van der Waals surface area contributed by atoms with Crippen LogP contribution in [0.4, 0.5) is 10.1 Å². The van der Waals surface area contributed by atoms with E-state index < -0.39 is 0 Å². The molecule has 3 aromatic rings. The maximum Gasteiger partial charge on any atom is 0.237 e. The first-order valence-corrected chi connectivity index (χ1v) is 12.4. The first-order valence-electron chi connectivity index (χ1n) is 11.4. The highest BCUT2D eigenvalue weighted by Gasteiger charge is 2.21. The minimum atomic E-state index is -0.310. The van der Waals surface area contributed by atoms with Gasteiger partial charge in [0.25, 0.3) is 0 Å². The number of hydrogen-bond donors (Lipinski definition) is 0. The predicted octanol–water partition coefficient (Wildman–Crippen LogP) is 4.43. The van der Waals surface area contributed by atoms with Crippen LogP contribution >= 0.6 is 11.8 Å². The van der Waals surface area contributed by atoms with Crippen LogP contribution in [-0.2, 0) is 11.3 Å². The molecule has 0 bridgehead atoms. The Bertz CT molecular complexity index is 1120. The lowest BCUT2D eigenvalue weighted by atomic mass is 10.1. The van der Waals surface area contributed by atoms with Crippen LogP contribution in [0, 0.1) is 17.1 Å². The number of hydrogen-bond acceptors (Lipinski definition) is 6. The Kier molecular flexibility index (Phi) is 8.28. The molecule has 1 aliphatic heterocycles. The second kappa shape index (κ2) is 11.8. The summed E-state index contributed by atoms with van der Waals surface area (Å²) in [4.78, 5) is 17.1. The number of benzene rings is 2.